The monoisotopic (exact) mass is 470 g/mol. The molecule has 1 heterocycles. The lowest BCUT2D eigenvalue weighted by molar-refractivity contribution is -0.384. The number of anilines is 1. The van der Waals surface area contributed by atoms with Crippen LogP contribution >= 0.6 is 11.6 Å². The van der Waals surface area contributed by atoms with Gasteiger partial charge in [0.15, 0.2) is 0 Å². The van der Waals surface area contributed by atoms with Gasteiger partial charge < -0.3 is 10.6 Å². The number of carbonyl (C=O) groups is 3. The van der Waals surface area contributed by atoms with Crippen LogP contribution in [0.4, 0.5) is 29.3 Å². The van der Waals surface area contributed by atoms with Gasteiger partial charge >= 0.3 is 12.2 Å². The normalized spacial score (nSPS) is 13.2. The molecule has 0 fully saturated rings. The fraction of sp³-hybridized carbons (Fsp3) is 0.211. The highest BCUT2D eigenvalue weighted by molar-refractivity contribution is 6.30. The minimum atomic E-state index is -4.73. The second kappa shape index (κ2) is 8.83. The average Bonchev–Trinajstić information content (AvgIpc) is 2.95. The number of urea groups is 1. The first kappa shape index (κ1) is 23.0. The summed E-state index contributed by atoms with van der Waals surface area (Å²) in [7, 11) is 0. The third kappa shape index (κ3) is 4.80. The first-order chi connectivity index (χ1) is 15.0. The lowest BCUT2D eigenvalue weighted by Gasteiger charge is -2.16. The highest BCUT2D eigenvalue weighted by Crippen LogP contribution is 2.36. The van der Waals surface area contributed by atoms with E-state index in [0.29, 0.717) is 6.07 Å². The number of hydrogen-bond acceptors (Lipinski definition) is 5. The topological polar surface area (TPSA) is 122 Å². The predicted octanol–water partition coefficient (Wildman–Crippen LogP) is 4.07. The quantitative estimate of drug-likeness (QED) is 0.285. The predicted molar refractivity (Wildman–Crippen MR) is 107 cm³/mol. The van der Waals surface area contributed by atoms with E-state index in [0.717, 1.165) is 23.1 Å². The Hall–Kier alpha value is -3.67. The Balaban J connectivity index is 1.55. The molecular formula is C19H14ClF3N4O5. The van der Waals surface area contributed by atoms with Crippen molar-refractivity contribution in [2.45, 2.75) is 12.6 Å². The summed E-state index contributed by atoms with van der Waals surface area (Å²) in [5.41, 5.74) is -1.97. The van der Waals surface area contributed by atoms with Crippen LogP contribution < -0.4 is 10.6 Å². The van der Waals surface area contributed by atoms with E-state index in [1.807, 2.05) is 0 Å². The van der Waals surface area contributed by atoms with Crippen LogP contribution in [-0.4, -0.2) is 40.8 Å². The minimum Gasteiger partial charge on any atom is -0.338 e. The smallest absolute Gasteiger partial charge is 0.338 e. The molecule has 2 N–H and O–H groups in total. The van der Waals surface area contributed by atoms with Crippen LogP contribution in [-0.2, 0) is 6.18 Å². The van der Waals surface area contributed by atoms with Gasteiger partial charge in [-0.25, -0.2) is 4.79 Å². The van der Waals surface area contributed by atoms with Crippen molar-refractivity contribution in [2.75, 3.05) is 18.4 Å². The number of nitrogens with zero attached hydrogens (tertiary/aromatic N) is 2. The number of nitro benzene ring substituents is 1. The summed E-state index contributed by atoms with van der Waals surface area (Å²) < 4.78 is 39.2. The molecule has 2 aromatic carbocycles. The van der Waals surface area contributed by atoms with Crippen molar-refractivity contribution in [1.82, 2.24) is 10.2 Å². The first-order valence-corrected chi connectivity index (χ1v) is 9.43. The van der Waals surface area contributed by atoms with Crippen LogP contribution in [0.3, 0.4) is 0 Å². The Kier molecular flexibility index (Phi) is 6.35. The van der Waals surface area contributed by atoms with E-state index in [1.54, 1.807) is 0 Å². The number of carbonyl (C=O) groups excluding carboxylic acids is 3. The van der Waals surface area contributed by atoms with Gasteiger partial charge in [0.25, 0.3) is 17.5 Å². The average molecular weight is 471 g/mol. The number of alkyl halides is 3. The van der Waals surface area contributed by atoms with Crippen LogP contribution in [0.2, 0.25) is 5.02 Å². The molecule has 13 heteroatoms. The van der Waals surface area contributed by atoms with Crippen LogP contribution in [0.25, 0.3) is 0 Å². The Morgan fingerprint density at radius 2 is 1.78 bits per heavy atom. The van der Waals surface area contributed by atoms with Gasteiger partial charge in [0, 0.05) is 30.2 Å². The zero-order valence-corrected chi connectivity index (χ0v) is 16.8. The Morgan fingerprint density at radius 3 is 2.44 bits per heavy atom. The summed E-state index contributed by atoms with van der Waals surface area (Å²) in [6.07, 6.45) is -4.62. The summed E-state index contributed by atoms with van der Waals surface area (Å²) >= 11 is 5.58. The molecule has 2 aromatic rings. The number of nitrogens with one attached hydrogen (secondary N) is 2. The van der Waals surface area contributed by atoms with Crippen LogP contribution in [0, 0.1) is 10.1 Å². The molecule has 0 aromatic heterocycles. The maximum atomic E-state index is 13.1. The van der Waals surface area contributed by atoms with Crippen LogP contribution in [0.1, 0.15) is 32.7 Å². The number of fused-ring (bicyclic) bond motifs is 1. The summed E-state index contributed by atoms with van der Waals surface area (Å²) in [5.74, 6) is -1.32. The molecule has 9 nitrogen and oxygen atoms in total. The van der Waals surface area contributed by atoms with Crippen molar-refractivity contribution >= 4 is 40.8 Å². The Bertz CT molecular complexity index is 1120. The first-order valence-electron chi connectivity index (χ1n) is 9.05. The van der Waals surface area contributed by atoms with Crippen LogP contribution in [0.5, 0.6) is 0 Å². The maximum absolute atomic E-state index is 13.1. The number of benzene rings is 2. The molecule has 168 valence electrons. The molecule has 0 spiro atoms. The van der Waals surface area contributed by atoms with E-state index in [-0.39, 0.29) is 41.3 Å². The highest BCUT2D eigenvalue weighted by atomic mass is 35.5. The van der Waals surface area contributed by atoms with Crippen molar-refractivity contribution in [1.29, 1.82) is 0 Å². The molecule has 4 amide bonds. The molecule has 1 aliphatic heterocycles. The number of amides is 4. The minimum absolute atomic E-state index is 0.0359. The number of nitro groups is 1. The number of non-ortho nitro benzene ring substituents is 1. The molecule has 0 aliphatic carbocycles. The van der Waals surface area contributed by atoms with Crippen molar-refractivity contribution in [3.05, 3.63) is 68.2 Å². The van der Waals surface area contributed by atoms with Gasteiger partial charge in [0.1, 0.15) is 0 Å². The largest absolute Gasteiger partial charge is 0.418 e. The highest BCUT2D eigenvalue weighted by Gasteiger charge is 2.36. The van der Waals surface area contributed by atoms with Crippen molar-refractivity contribution in [3.8, 4) is 0 Å². The molecule has 0 radical (unpaired) electrons. The van der Waals surface area contributed by atoms with Gasteiger partial charge in [0.2, 0.25) is 0 Å². The van der Waals surface area contributed by atoms with Gasteiger partial charge in [-0.2, -0.15) is 13.2 Å². The van der Waals surface area contributed by atoms with Gasteiger partial charge in [-0.1, -0.05) is 11.6 Å². The van der Waals surface area contributed by atoms with Gasteiger partial charge in [-0.15, -0.1) is 0 Å². The third-order valence-corrected chi connectivity index (χ3v) is 4.78. The van der Waals surface area contributed by atoms with E-state index < -0.39 is 40.2 Å². The molecule has 0 atom stereocenters. The zero-order valence-electron chi connectivity index (χ0n) is 16.0. The second-order valence-electron chi connectivity index (χ2n) is 6.67. The van der Waals surface area contributed by atoms with Gasteiger partial charge in [-0.3, -0.25) is 24.6 Å². The molecule has 0 saturated heterocycles. The molecule has 0 bridgehead atoms. The molecule has 3 rings (SSSR count). The molecular weight excluding hydrogens is 457 g/mol. The van der Waals surface area contributed by atoms with Gasteiger partial charge in [-0.05, 0) is 30.7 Å². The van der Waals surface area contributed by atoms with Crippen molar-refractivity contribution < 1.29 is 32.5 Å². The molecule has 0 saturated carbocycles. The number of hydrogen-bond donors (Lipinski definition) is 2. The van der Waals surface area contributed by atoms with Crippen LogP contribution in [0.15, 0.2) is 36.4 Å². The fourth-order valence-corrected chi connectivity index (χ4v) is 3.23. The van der Waals surface area contributed by atoms with E-state index in [1.165, 1.54) is 12.1 Å². The Labute approximate surface area is 183 Å². The van der Waals surface area contributed by atoms with E-state index >= 15 is 0 Å². The lowest BCUT2D eigenvalue weighted by atomic mass is 10.1. The zero-order chi connectivity index (χ0) is 23.6. The summed E-state index contributed by atoms with van der Waals surface area (Å²) in [5, 5.41) is 15.1. The van der Waals surface area contributed by atoms with Crippen molar-refractivity contribution in [2.24, 2.45) is 0 Å². The number of rotatable bonds is 6. The van der Waals surface area contributed by atoms with E-state index in [4.69, 9.17) is 11.6 Å². The van der Waals surface area contributed by atoms with E-state index in [9.17, 15) is 37.7 Å². The number of halogens is 4. The molecule has 1 aliphatic rings. The third-order valence-electron chi connectivity index (χ3n) is 4.54. The summed E-state index contributed by atoms with van der Waals surface area (Å²) in [6, 6.07) is 5.31. The number of imide groups is 1. The summed E-state index contributed by atoms with van der Waals surface area (Å²) in [6.45, 7) is -0.163. The molecule has 0 unspecified atom stereocenters. The standard InChI is InChI=1S/C19H14ClF3N4O5/c20-10-2-5-15(14(8-10)19(21,22)23)25-18(30)24-6-1-7-26-16(28)12-4-3-11(27(31)32)9-13(12)17(26)29/h2-5,8-9H,1,6-7H2,(H2,24,25,30). The van der Waals surface area contributed by atoms with E-state index in [2.05, 4.69) is 10.6 Å². The Morgan fingerprint density at radius 1 is 1.09 bits per heavy atom. The SMILES string of the molecule is O=C(NCCCN1C(=O)c2ccc([N+](=O)[O-])cc2C1=O)Nc1ccc(Cl)cc1C(F)(F)F. The fourth-order valence-electron chi connectivity index (χ4n) is 3.06. The maximum Gasteiger partial charge on any atom is 0.418 e. The second-order valence-corrected chi connectivity index (χ2v) is 7.11. The molecule has 32 heavy (non-hydrogen) atoms. The lowest BCUT2D eigenvalue weighted by Crippen LogP contribution is -2.35. The van der Waals surface area contributed by atoms with Crippen molar-refractivity contribution in [3.63, 3.8) is 0 Å². The van der Waals surface area contributed by atoms with Gasteiger partial charge in [0.05, 0.1) is 27.3 Å². The summed E-state index contributed by atoms with van der Waals surface area (Å²) in [4.78, 5) is 47.7.